The van der Waals surface area contributed by atoms with E-state index in [0.29, 0.717) is 0 Å². The van der Waals surface area contributed by atoms with Crippen molar-refractivity contribution in [2.24, 2.45) is 0 Å². The van der Waals surface area contributed by atoms with E-state index in [9.17, 15) is 4.79 Å². The molecule has 0 aliphatic carbocycles. The lowest BCUT2D eigenvalue weighted by Crippen LogP contribution is -2.15. The van der Waals surface area contributed by atoms with Crippen LogP contribution in [-0.2, 0) is 17.8 Å². The SMILES string of the molecule is Cc1ccc(NC(=O)CSc2nnc(-c3cccs3)n2CCc2ccccc2)cc1. The second-order valence-electron chi connectivity index (χ2n) is 6.87. The number of hydrogen-bond donors (Lipinski definition) is 1. The number of carbonyl (C=O) groups is 1. The van der Waals surface area contributed by atoms with Gasteiger partial charge in [-0.1, -0.05) is 65.9 Å². The zero-order valence-corrected chi connectivity index (χ0v) is 18.2. The first-order valence-corrected chi connectivity index (χ1v) is 11.6. The summed E-state index contributed by atoms with van der Waals surface area (Å²) in [6.07, 6.45) is 0.875. The molecule has 1 N–H and O–H groups in total. The fourth-order valence-electron chi connectivity index (χ4n) is 3.03. The summed E-state index contributed by atoms with van der Waals surface area (Å²) in [5.41, 5.74) is 3.22. The first-order chi connectivity index (χ1) is 14.7. The van der Waals surface area contributed by atoms with E-state index >= 15 is 0 Å². The summed E-state index contributed by atoms with van der Waals surface area (Å²) in [5.74, 6) is 1.07. The Hall–Kier alpha value is -2.90. The van der Waals surface area contributed by atoms with Crippen molar-refractivity contribution in [1.82, 2.24) is 14.8 Å². The van der Waals surface area contributed by atoms with Crippen molar-refractivity contribution in [2.45, 2.75) is 25.0 Å². The number of hydrogen-bond acceptors (Lipinski definition) is 5. The molecule has 2 heterocycles. The van der Waals surface area contributed by atoms with Crippen molar-refractivity contribution in [2.75, 3.05) is 11.1 Å². The molecular formula is C23H22N4OS2. The fourth-order valence-corrected chi connectivity index (χ4v) is 4.52. The minimum atomic E-state index is -0.0564. The minimum absolute atomic E-state index is 0.0564. The zero-order chi connectivity index (χ0) is 20.8. The normalized spacial score (nSPS) is 10.8. The van der Waals surface area contributed by atoms with Gasteiger partial charge in [-0.3, -0.25) is 4.79 Å². The van der Waals surface area contributed by atoms with Gasteiger partial charge in [0.15, 0.2) is 11.0 Å². The van der Waals surface area contributed by atoms with E-state index in [2.05, 4.69) is 32.2 Å². The summed E-state index contributed by atoms with van der Waals surface area (Å²) in [5, 5.41) is 14.5. The Kier molecular flexibility index (Phi) is 6.61. The van der Waals surface area contributed by atoms with Crippen LogP contribution in [0, 0.1) is 6.92 Å². The van der Waals surface area contributed by atoms with Crippen LogP contribution in [0.3, 0.4) is 0 Å². The number of nitrogens with one attached hydrogen (secondary N) is 1. The zero-order valence-electron chi connectivity index (χ0n) is 16.6. The third-order valence-corrected chi connectivity index (χ3v) is 6.43. The standard InChI is InChI=1S/C23H22N4OS2/c1-17-9-11-19(12-10-17)24-21(28)16-30-23-26-25-22(20-8-5-15-29-20)27(23)14-13-18-6-3-2-4-7-18/h2-12,15H,13-14,16H2,1H3,(H,24,28). The number of carbonyl (C=O) groups excluding carboxylic acids is 1. The molecule has 0 fully saturated rings. The molecule has 0 unspecified atom stereocenters. The van der Waals surface area contributed by atoms with E-state index in [0.717, 1.165) is 40.1 Å². The average Bonchev–Trinajstić information content (AvgIpc) is 3.43. The van der Waals surface area contributed by atoms with Crippen LogP contribution in [0.15, 0.2) is 77.3 Å². The van der Waals surface area contributed by atoms with Gasteiger partial charge in [0.05, 0.1) is 10.6 Å². The smallest absolute Gasteiger partial charge is 0.234 e. The van der Waals surface area contributed by atoms with Gasteiger partial charge in [0.25, 0.3) is 0 Å². The number of benzene rings is 2. The molecule has 0 saturated carbocycles. The lowest BCUT2D eigenvalue weighted by atomic mass is 10.1. The van der Waals surface area contributed by atoms with Crippen LogP contribution in [0.1, 0.15) is 11.1 Å². The Balaban J connectivity index is 1.46. The summed E-state index contributed by atoms with van der Waals surface area (Å²) >= 11 is 3.05. The second kappa shape index (κ2) is 9.73. The van der Waals surface area contributed by atoms with E-state index in [-0.39, 0.29) is 11.7 Å². The highest BCUT2D eigenvalue weighted by molar-refractivity contribution is 7.99. The van der Waals surface area contributed by atoms with Gasteiger partial charge in [-0.25, -0.2) is 0 Å². The molecule has 0 bridgehead atoms. The van der Waals surface area contributed by atoms with Crippen molar-refractivity contribution in [3.63, 3.8) is 0 Å². The number of thioether (sulfide) groups is 1. The third-order valence-electron chi connectivity index (χ3n) is 4.59. The molecule has 0 aliphatic heterocycles. The van der Waals surface area contributed by atoms with Crippen LogP contribution >= 0.6 is 23.1 Å². The average molecular weight is 435 g/mol. The quantitative estimate of drug-likeness (QED) is 0.383. The number of anilines is 1. The maximum absolute atomic E-state index is 12.4. The number of aryl methyl sites for hydroxylation is 2. The van der Waals surface area contributed by atoms with Crippen LogP contribution in [0.2, 0.25) is 0 Å². The van der Waals surface area contributed by atoms with Gasteiger partial charge in [-0.15, -0.1) is 21.5 Å². The summed E-state index contributed by atoms with van der Waals surface area (Å²) in [6.45, 7) is 2.78. The van der Waals surface area contributed by atoms with Gasteiger partial charge in [0.2, 0.25) is 5.91 Å². The van der Waals surface area contributed by atoms with Crippen molar-refractivity contribution < 1.29 is 4.79 Å². The molecule has 0 saturated heterocycles. The van der Waals surface area contributed by atoms with Gasteiger partial charge in [-0.05, 0) is 42.5 Å². The second-order valence-corrected chi connectivity index (χ2v) is 8.76. The molecule has 0 aliphatic rings. The molecule has 1 amide bonds. The highest BCUT2D eigenvalue weighted by atomic mass is 32.2. The summed E-state index contributed by atoms with van der Waals surface area (Å²) in [6, 6.07) is 22.2. The molecule has 30 heavy (non-hydrogen) atoms. The van der Waals surface area contributed by atoms with E-state index in [1.54, 1.807) is 11.3 Å². The minimum Gasteiger partial charge on any atom is -0.325 e. The monoisotopic (exact) mass is 434 g/mol. The van der Waals surface area contributed by atoms with E-state index in [4.69, 9.17) is 0 Å². The van der Waals surface area contributed by atoms with Gasteiger partial charge in [0.1, 0.15) is 0 Å². The van der Waals surface area contributed by atoms with Crippen LogP contribution in [0.5, 0.6) is 0 Å². The highest BCUT2D eigenvalue weighted by Crippen LogP contribution is 2.27. The van der Waals surface area contributed by atoms with Crippen molar-refractivity contribution in [3.05, 3.63) is 83.2 Å². The Morgan fingerprint density at radius 1 is 1.03 bits per heavy atom. The Labute approximate surface area is 184 Å². The molecule has 5 nitrogen and oxygen atoms in total. The molecule has 0 atom stereocenters. The van der Waals surface area contributed by atoms with Crippen LogP contribution in [0.25, 0.3) is 10.7 Å². The topological polar surface area (TPSA) is 59.8 Å². The first kappa shape index (κ1) is 20.4. The van der Waals surface area contributed by atoms with E-state index in [1.807, 2.05) is 66.9 Å². The van der Waals surface area contributed by atoms with Crippen LogP contribution in [0.4, 0.5) is 5.69 Å². The van der Waals surface area contributed by atoms with Gasteiger partial charge in [0, 0.05) is 12.2 Å². The molecule has 152 valence electrons. The molecule has 4 rings (SSSR count). The molecule has 7 heteroatoms. The first-order valence-electron chi connectivity index (χ1n) is 9.69. The summed E-state index contributed by atoms with van der Waals surface area (Å²) < 4.78 is 2.11. The van der Waals surface area contributed by atoms with Gasteiger partial charge < -0.3 is 9.88 Å². The predicted molar refractivity (Wildman–Crippen MR) is 124 cm³/mol. The Morgan fingerprint density at radius 2 is 1.83 bits per heavy atom. The van der Waals surface area contributed by atoms with Crippen molar-refractivity contribution in [3.8, 4) is 10.7 Å². The molecule has 2 aromatic carbocycles. The maximum atomic E-state index is 12.4. The maximum Gasteiger partial charge on any atom is 0.234 e. The molecule has 2 aromatic heterocycles. The number of aromatic nitrogens is 3. The van der Waals surface area contributed by atoms with E-state index < -0.39 is 0 Å². The lowest BCUT2D eigenvalue weighted by Gasteiger charge is -2.10. The Bertz CT molecular complexity index is 1090. The van der Waals surface area contributed by atoms with Crippen LogP contribution < -0.4 is 5.32 Å². The highest BCUT2D eigenvalue weighted by Gasteiger charge is 2.16. The van der Waals surface area contributed by atoms with Crippen LogP contribution in [-0.4, -0.2) is 26.4 Å². The third kappa shape index (κ3) is 5.17. The Morgan fingerprint density at radius 3 is 2.57 bits per heavy atom. The molecule has 0 spiro atoms. The lowest BCUT2D eigenvalue weighted by molar-refractivity contribution is -0.113. The van der Waals surface area contributed by atoms with Gasteiger partial charge >= 0.3 is 0 Å². The number of thiophene rings is 1. The fraction of sp³-hybridized carbons (Fsp3) is 0.174. The van der Waals surface area contributed by atoms with Crippen molar-refractivity contribution >= 4 is 34.7 Å². The van der Waals surface area contributed by atoms with Crippen molar-refractivity contribution in [1.29, 1.82) is 0 Å². The number of nitrogens with zero attached hydrogens (tertiary/aromatic N) is 3. The molecule has 4 aromatic rings. The van der Waals surface area contributed by atoms with Gasteiger partial charge in [-0.2, -0.15) is 0 Å². The molecular weight excluding hydrogens is 412 g/mol. The summed E-state index contributed by atoms with van der Waals surface area (Å²) in [7, 11) is 0. The van der Waals surface area contributed by atoms with E-state index in [1.165, 1.54) is 17.3 Å². The largest absolute Gasteiger partial charge is 0.325 e. The summed E-state index contributed by atoms with van der Waals surface area (Å²) in [4.78, 5) is 13.5. The predicted octanol–water partition coefficient (Wildman–Crippen LogP) is 5.29. The molecule has 0 radical (unpaired) electrons. The number of amides is 1. The number of rotatable bonds is 8.